The van der Waals surface area contributed by atoms with Gasteiger partial charge in [0.2, 0.25) is 0 Å². The third kappa shape index (κ3) is 4.99. The van der Waals surface area contributed by atoms with Crippen LogP contribution in [-0.4, -0.2) is 37.0 Å². The first-order valence-electron chi connectivity index (χ1n) is 6.89. The van der Waals surface area contributed by atoms with E-state index in [-0.39, 0.29) is 11.4 Å². The highest BCUT2D eigenvalue weighted by Gasteiger charge is 2.22. The number of amides is 1. The third-order valence-corrected chi connectivity index (χ3v) is 3.39. The molecular weight excluding hydrogens is 376 g/mol. The summed E-state index contributed by atoms with van der Waals surface area (Å²) in [6.45, 7) is -2.99. The van der Waals surface area contributed by atoms with E-state index in [2.05, 4.69) is 19.3 Å². The maximum atomic E-state index is 12.4. The minimum atomic E-state index is -4.01. The van der Waals surface area contributed by atoms with Crippen LogP contribution in [0.25, 0.3) is 0 Å². The Kier molecular flexibility index (Phi) is 5.55. The number of hydrogen-bond donors (Lipinski definition) is 1. The van der Waals surface area contributed by atoms with Crippen LogP contribution in [0.4, 0.5) is 14.5 Å². The Bertz CT molecular complexity index is 973. The Morgan fingerprint density at radius 3 is 2.42 bits per heavy atom. The molecule has 0 aliphatic rings. The zero-order valence-corrected chi connectivity index (χ0v) is 14.3. The first-order chi connectivity index (χ1) is 12.1. The van der Waals surface area contributed by atoms with Crippen molar-refractivity contribution in [2.75, 3.05) is 11.6 Å². The summed E-state index contributed by atoms with van der Waals surface area (Å²) in [4.78, 5) is 24.5. The number of alkyl halides is 2. The first-order valence-corrected chi connectivity index (χ1v) is 8.70. The van der Waals surface area contributed by atoms with Gasteiger partial charge in [0.05, 0.1) is 12.5 Å². The van der Waals surface area contributed by atoms with Gasteiger partial charge in [-0.25, -0.2) is 4.68 Å². The fourth-order valence-corrected chi connectivity index (χ4v) is 2.32. The number of anilines is 1. The quantitative estimate of drug-likeness (QED) is 0.732. The summed E-state index contributed by atoms with van der Waals surface area (Å²) in [5.41, 5.74) is -1.32. The monoisotopic (exact) mass is 389 g/mol. The number of halogens is 2. The summed E-state index contributed by atoms with van der Waals surface area (Å²) >= 11 is 0. The molecule has 0 unspecified atom stereocenters. The van der Waals surface area contributed by atoms with Crippen LogP contribution in [0, 0.1) is 0 Å². The number of hydrogen-bond acceptors (Lipinski definition) is 7. The fourth-order valence-electron chi connectivity index (χ4n) is 1.87. The molecule has 0 spiro atoms. The van der Waals surface area contributed by atoms with Gasteiger partial charge in [-0.15, -0.1) is 0 Å². The van der Waals surface area contributed by atoms with Crippen molar-refractivity contribution in [2.45, 2.75) is 6.61 Å². The molecule has 26 heavy (non-hydrogen) atoms. The van der Waals surface area contributed by atoms with Gasteiger partial charge in [0, 0.05) is 12.7 Å². The van der Waals surface area contributed by atoms with Crippen LogP contribution in [0.2, 0.25) is 0 Å². The standard InChI is InChI=1S/C14H13F2N3O6S/c1-19-13(21)11(10(7-17-19)25-26(2,22)23)12(20)18-8-3-5-9(6-4-8)24-14(15)16/h3-7,14H,1-2H3,(H,18,20). The Hall–Kier alpha value is -3.02. The molecule has 9 nitrogen and oxygen atoms in total. The first kappa shape index (κ1) is 19.3. The molecule has 12 heteroatoms. The number of carbonyl (C=O) groups is 1. The molecule has 0 bridgehead atoms. The number of carbonyl (C=O) groups excluding carboxylic acids is 1. The lowest BCUT2D eigenvalue weighted by Gasteiger charge is -2.11. The molecular formula is C14H13F2N3O6S. The van der Waals surface area contributed by atoms with Crippen molar-refractivity contribution < 1.29 is 30.9 Å². The van der Waals surface area contributed by atoms with Crippen molar-refractivity contribution in [3.05, 3.63) is 46.4 Å². The molecule has 1 aromatic carbocycles. The molecule has 2 aromatic rings. The van der Waals surface area contributed by atoms with E-state index in [1.54, 1.807) is 0 Å². The molecule has 2 rings (SSSR count). The third-order valence-electron chi connectivity index (χ3n) is 2.91. The number of rotatable bonds is 6. The van der Waals surface area contributed by atoms with Crippen molar-refractivity contribution in [1.29, 1.82) is 0 Å². The molecule has 0 aliphatic heterocycles. The van der Waals surface area contributed by atoms with Gasteiger partial charge in [0.15, 0.2) is 11.3 Å². The predicted molar refractivity (Wildman–Crippen MR) is 86.0 cm³/mol. The Balaban J connectivity index is 2.31. The van der Waals surface area contributed by atoms with Gasteiger partial charge in [0.25, 0.3) is 11.5 Å². The van der Waals surface area contributed by atoms with Crippen molar-refractivity contribution in [2.24, 2.45) is 7.05 Å². The molecule has 0 saturated heterocycles. The highest BCUT2D eigenvalue weighted by atomic mass is 32.2. The number of ether oxygens (including phenoxy) is 1. The topological polar surface area (TPSA) is 117 Å². The highest BCUT2D eigenvalue weighted by molar-refractivity contribution is 7.86. The van der Waals surface area contributed by atoms with E-state index in [9.17, 15) is 26.8 Å². The maximum Gasteiger partial charge on any atom is 0.387 e. The van der Waals surface area contributed by atoms with Crippen LogP contribution >= 0.6 is 0 Å². The molecule has 0 radical (unpaired) electrons. The average molecular weight is 389 g/mol. The van der Waals surface area contributed by atoms with Crippen LogP contribution in [0.1, 0.15) is 10.4 Å². The number of aryl methyl sites for hydroxylation is 1. The number of nitrogens with one attached hydrogen (secondary N) is 1. The molecule has 140 valence electrons. The zero-order chi connectivity index (χ0) is 19.5. The summed E-state index contributed by atoms with van der Waals surface area (Å²) in [6.07, 6.45) is 1.66. The second kappa shape index (κ2) is 7.47. The van der Waals surface area contributed by atoms with Crippen LogP contribution < -0.4 is 19.8 Å². The van der Waals surface area contributed by atoms with Gasteiger partial charge in [-0.1, -0.05) is 0 Å². The van der Waals surface area contributed by atoms with E-state index >= 15 is 0 Å². The molecule has 0 atom stereocenters. The molecule has 0 aliphatic carbocycles. The predicted octanol–water partition coefficient (Wildman–Crippen LogP) is 0.972. The van der Waals surface area contributed by atoms with E-state index in [0.717, 1.165) is 17.1 Å². The highest BCUT2D eigenvalue weighted by Crippen LogP contribution is 2.20. The average Bonchev–Trinajstić information content (AvgIpc) is 2.51. The second-order valence-corrected chi connectivity index (χ2v) is 6.53. The van der Waals surface area contributed by atoms with Crippen LogP contribution in [0.15, 0.2) is 35.3 Å². The lowest BCUT2D eigenvalue weighted by Crippen LogP contribution is -2.30. The summed E-state index contributed by atoms with van der Waals surface area (Å²) in [5.74, 6) is -1.63. The molecule has 1 heterocycles. The lowest BCUT2D eigenvalue weighted by molar-refractivity contribution is -0.0498. The molecule has 1 aromatic heterocycles. The molecule has 0 saturated carbocycles. The summed E-state index contributed by atoms with van der Waals surface area (Å²) < 4.78 is 56.4. The van der Waals surface area contributed by atoms with Crippen molar-refractivity contribution in [1.82, 2.24) is 9.78 Å². The minimum absolute atomic E-state index is 0.126. The van der Waals surface area contributed by atoms with Crippen molar-refractivity contribution in [3.63, 3.8) is 0 Å². The van der Waals surface area contributed by atoms with Crippen molar-refractivity contribution >= 4 is 21.7 Å². The number of aromatic nitrogens is 2. The summed E-state index contributed by atoms with van der Waals surface area (Å²) in [5, 5.41) is 5.93. The second-order valence-electron chi connectivity index (χ2n) is 4.96. The number of benzene rings is 1. The van der Waals surface area contributed by atoms with E-state index in [1.807, 2.05) is 0 Å². The van der Waals surface area contributed by atoms with Crippen LogP contribution in [-0.2, 0) is 17.2 Å². The van der Waals surface area contributed by atoms with Gasteiger partial charge in [0.1, 0.15) is 5.75 Å². The van der Waals surface area contributed by atoms with Gasteiger partial charge >= 0.3 is 16.7 Å². The van der Waals surface area contributed by atoms with E-state index in [1.165, 1.54) is 31.3 Å². The van der Waals surface area contributed by atoms with Gasteiger partial charge < -0.3 is 14.2 Å². The van der Waals surface area contributed by atoms with Crippen LogP contribution in [0.5, 0.6) is 11.5 Å². The van der Waals surface area contributed by atoms with Crippen molar-refractivity contribution in [3.8, 4) is 11.5 Å². The minimum Gasteiger partial charge on any atom is -0.435 e. The Labute approximate surface area is 146 Å². The Morgan fingerprint density at radius 1 is 1.27 bits per heavy atom. The van der Waals surface area contributed by atoms with E-state index in [4.69, 9.17) is 0 Å². The lowest BCUT2D eigenvalue weighted by atomic mass is 10.2. The van der Waals surface area contributed by atoms with Gasteiger partial charge in [-0.05, 0) is 24.3 Å². The molecule has 1 N–H and O–H groups in total. The Morgan fingerprint density at radius 2 is 1.88 bits per heavy atom. The van der Waals surface area contributed by atoms with E-state index in [0.29, 0.717) is 0 Å². The molecule has 0 fully saturated rings. The van der Waals surface area contributed by atoms with Gasteiger partial charge in [-0.2, -0.15) is 22.3 Å². The zero-order valence-electron chi connectivity index (χ0n) is 13.5. The smallest absolute Gasteiger partial charge is 0.387 e. The SMILES string of the molecule is Cn1ncc(OS(C)(=O)=O)c(C(=O)Nc2ccc(OC(F)F)cc2)c1=O. The molecule has 1 amide bonds. The van der Waals surface area contributed by atoms with E-state index < -0.39 is 39.5 Å². The number of nitrogens with zero attached hydrogens (tertiary/aromatic N) is 2. The van der Waals surface area contributed by atoms with Gasteiger partial charge in [-0.3, -0.25) is 9.59 Å². The maximum absolute atomic E-state index is 12.4. The normalized spacial score (nSPS) is 11.3. The summed E-state index contributed by atoms with van der Waals surface area (Å²) in [6, 6.07) is 4.89. The largest absolute Gasteiger partial charge is 0.435 e. The fraction of sp³-hybridized carbons (Fsp3) is 0.214. The van der Waals surface area contributed by atoms with Crippen LogP contribution in [0.3, 0.4) is 0 Å². The summed E-state index contributed by atoms with van der Waals surface area (Å²) in [7, 11) is -2.74.